The molecule has 1 aromatic heterocycles. The summed E-state index contributed by atoms with van der Waals surface area (Å²) in [5.41, 5.74) is -1.53. The molecule has 0 spiro atoms. The summed E-state index contributed by atoms with van der Waals surface area (Å²) in [6.45, 7) is 1.44. The van der Waals surface area contributed by atoms with Crippen molar-refractivity contribution in [2.24, 2.45) is 0 Å². The number of nitrogens with one attached hydrogen (secondary N) is 1. The zero-order valence-corrected chi connectivity index (χ0v) is 10.9. The van der Waals surface area contributed by atoms with Crippen LogP contribution in [-0.4, -0.2) is 15.9 Å². The molecule has 0 unspecified atom stereocenters. The van der Waals surface area contributed by atoms with Gasteiger partial charge in [-0.25, -0.2) is 0 Å². The van der Waals surface area contributed by atoms with Crippen molar-refractivity contribution in [3.8, 4) is 0 Å². The quantitative estimate of drug-likeness (QED) is 0.867. The summed E-state index contributed by atoms with van der Waals surface area (Å²) in [4.78, 5) is 24.0. The van der Waals surface area contributed by atoms with Crippen LogP contribution in [0.1, 0.15) is 24.5 Å². The molecule has 7 heteroatoms. The highest BCUT2D eigenvalue weighted by molar-refractivity contribution is 8.13. The first-order valence-electron chi connectivity index (χ1n) is 5.40. The molecule has 0 aliphatic carbocycles. The van der Waals surface area contributed by atoms with E-state index in [1.165, 1.54) is 13.0 Å². The van der Waals surface area contributed by atoms with Crippen LogP contribution in [0.15, 0.2) is 23.1 Å². The second-order valence-electron chi connectivity index (χ2n) is 3.70. The Morgan fingerprint density at radius 2 is 2.16 bits per heavy atom. The molecule has 0 aliphatic heterocycles. The van der Waals surface area contributed by atoms with E-state index < -0.39 is 17.3 Å². The Kier molecular flexibility index (Phi) is 5.41. The normalized spacial score (nSPS) is 12.0. The van der Waals surface area contributed by atoms with E-state index >= 15 is 0 Å². The fourth-order valence-electron chi connectivity index (χ4n) is 1.27. The number of allylic oxidation sites excluding steroid dienone is 1. The number of hydrogen-bond donors (Lipinski definition) is 1. The zero-order valence-electron chi connectivity index (χ0n) is 10.1. The van der Waals surface area contributed by atoms with Crippen molar-refractivity contribution in [2.75, 3.05) is 5.75 Å². The van der Waals surface area contributed by atoms with Gasteiger partial charge >= 0.3 is 6.18 Å². The largest absolute Gasteiger partial charge is 0.417 e. The topological polar surface area (TPSA) is 49.9 Å². The highest BCUT2D eigenvalue weighted by Gasteiger charge is 2.31. The van der Waals surface area contributed by atoms with E-state index in [0.717, 1.165) is 17.8 Å². The van der Waals surface area contributed by atoms with Crippen molar-refractivity contribution in [3.63, 3.8) is 0 Å². The Morgan fingerprint density at radius 3 is 2.74 bits per heavy atom. The van der Waals surface area contributed by atoms with Gasteiger partial charge in [0.15, 0.2) is 5.12 Å². The average molecular weight is 291 g/mol. The number of alkyl halides is 3. The van der Waals surface area contributed by atoms with Crippen molar-refractivity contribution in [1.29, 1.82) is 0 Å². The number of rotatable bonds is 4. The van der Waals surface area contributed by atoms with Gasteiger partial charge in [-0.2, -0.15) is 13.2 Å². The molecule has 3 nitrogen and oxygen atoms in total. The minimum Gasteiger partial charge on any atom is -0.328 e. The molecule has 1 N–H and O–H groups in total. The van der Waals surface area contributed by atoms with Crippen LogP contribution in [0.2, 0.25) is 0 Å². The molecule has 0 amide bonds. The summed E-state index contributed by atoms with van der Waals surface area (Å²) in [6, 6.07) is 0.799. The van der Waals surface area contributed by atoms with Crippen LogP contribution in [0.4, 0.5) is 13.2 Å². The Bertz CT molecular complexity index is 535. The molecule has 0 aliphatic rings. The van der Waals surface area contributed by atoms with E-state index in [0.29, 0.717) is 18.4 Å². The number of hydrogen-bond acceptors (Lipinski definition) is 3. The summed E-state index contributed by atoms with van der Waals surface area (Å²) in [6.07, 6.45) is -0.447. The number of H-pyrrole nitrogens is 1. The van der Waals surface area contributed by atoms with Crippen molar-refractivity contribution in [1.82, 2.24) is 4.98 Å². The Morgan fingerprint density at radius 1 is 1.47 bits per heavy atom. The fraction of sp³-hybridized carbons (Fsp3) is 0.333. The number of carbonyl (C=O) groups is 1. The SMILES string of the molecule is CC(=O)SCCC=Cc1cc(C(F)(F)F)c[nH]c1=O. The lowest BCUT2D eigenvalue weighted by molar-refractivity contribution is -0.137. The molecule has 0 saturated carbocycles. The number of halogens is 3. The summed E-state index contributed by atoms with van der Waals surface area (Å²) in [7, 11) is 0. The Balaban J connectivity index is 2.75. The molecule has 0 aromatic carbocycles. The minimum atomic E-state index is -4.49. The summed E-state index contributed by atoms with van der Waals surface area (Å²) in [5.74, 6) is 0.530. The predicted octanol–water partition coefficient (Wildman–Crippen LogP) is 3.08. The number of thioether (sulfide) groups is 1. The summed E-state index contributed by atoms with van der Waals surface area (Å²) >= 11 is 1.12. The van der Waals surface area contributed by atoms with Crippen molar-refractivity contribution < 1.29 is 18.0 Å². The fourth-order valence-corrected chi connectivity index (χ4v) is 1.81. The van der Waals surface area contributed by atoms with Gasteiger partial charge < -0.3 is 4.98 Å². The van der Waals surface area contributed by atoms with Crippen LogP contribution >= 0.6 is 11.8 Å². The van der Waals surface area contributed by atoms with Crippen LogP contribution in [-0.2, 0) is 11.0 Å². The highest BCUT2D eigenvalue weighted by atomic mass is 32.2. The molecule has 104 valence electrons. The Labute approximate surface area is 111 Å². The van der Waals surface area contributed by atoms with E-state index in [9.17, 15) is 22.8 Å². The second kappa shape index (κ2) is 6.60. The maximum absolute atomic E-state index is 12.4. The maximum atomic E-state index is 12.4. The van der Waals surface area contributed by atoms with E-state index in [-0.39, 0.29) is 10.7 Å². The van der Waals surface area contributed by atoms with Gasteiger partial charge in [0.1, 0.15) is 0 Å². The van der Waals surface area contributed by atoms with Crippen molar-refractivity contribution in [2.45, 2.75) is 19.5 Å². The first-order valence-corrected chi connectivity index (χ1v) is 6.39. The number of aromatic nitrogens is 1. The van der Waals surface area contributed by atoms with E-state index in [4.69, 9.17) is 0 Å². The van der Waals surface area contributed by atoms with Gasteiger partial charge in [-0.15, -0.1) is 0 Å². The Hall–Kier alpha value is -1.50. The van der Waals surface area contributed by atoms with Crippen LogP contribution in [0, 0.1) is 0 Å². The first kappa shape index (κ1) is 15.6. The maximum Gasteiger partial charge on any atom is 0.417 e. The van der Waals surface area contributed by atoms with Gasteiger partial charge in [-0.1, -0.05) is 23.9 Å². The molecule has 0 atom stereocenters. The molecule has 0 fully saturated rings. The zero-order chi connectivity index (χ0) is 14.5. The molecule has 19 heavy (non-hydrogen) atoms. The monoisotopic (exact) mass is 291 g/mol. The highest BCUT2D eigenvalue weighted by Crippen LogP contribution is 2.28. The smallest absolute Gasteiger partial charge is 0.328 e. The van der Waals surface area contributed by atoms with Gasteiger partial charge in [0.25, 0.3) is 5.56 Å². The predicted molar refractivity (Wildman–Crippen MR) is 68.9 cm³/mol. The molecular weight excluding hydrogens is 279 g/mol. The van der Waals surface area contributed by atoms with Gasteiger partial charge in [-0.05, 0) is 12.5 Å². The molecule has 0 saturated heterocycles. The lowest BCUT2D eigenvalue weighted by Gasteiger charge is -2.06. The lowest BCUT2D eigenvalue weighted by atomic mass is 10.2. The van der Waals surface area contributed by atoms with E-state index in [1.54, 1.807) is 6.08 Å². The van der Waals surface area contributed by atoms with Crippen molar-refractivity contribution >= 4 is 23.0 Å². The molecule has 1 rings (SSSR count). The standard InChI is InChI=1S/C12H12F3NO2S/c1-8(17)19-5-3-2-4-9-6-10(12(13,14)15)7-16-11(9)18/h2,4,6-7H,3,5H2,1H3,(H,16,18). The van der Waals surface area contributed by atoms with Gasteiger partial charge in [0.05, 0.1) is 5.56 Å². The third kappa shape index (κ3) is 5.34. The molecular formula is C12H12F3NO2S. The van der Waals surface area contributed by atoms with Gasteiger partial charge in [-0.3, -0.25) is 9.59 Å². The van der Waals surface area contributed by atoms with Crippen LogP contribution in [0.5, 0.6) is 0 Å². The third-order valence-corrected chi connectivity index (χ3v) is 2.99. The molecule has 1 heterocycles. The van der Waals surface area contributed by atoms with E-state index in [1.807, 2.05) is 4.98 Å². The average Bonchev–Trinajstić information content (AvgIpc) is 2.29. The lowest BCUT2D eigenvalue weighted by Crippen LogP contribution is -2.14. The summed E-state index contributed by atoms with van der Waals surface area (Å²) < 4.78 is 37.3. The minimum absolute atomic E-state index is 0.0229. The van der Waals surface area contributed by atoms with Gasteiger partial charge in [0.2, 0.25) is 0 Å². The molecule has 1 aromatic rings. The van der Waals surface area contributed by atoms with Gasteiger partial charge in [0, 0.05) is 24.4 Å². The molecule has 0 radical (unpaired) electrons. The first-order chi connectivity index (χ1) is 8.80. The van der Waals surface area contributed by atoms with Crippen LogP contribution in [0.3, 0.4) is 0 Å². The third-order valence-electron chi connectivity index (χ3n) is 2.15. The summed E-state index contributed by atoms with van der Waals surface area (Å²) in [5, 5.41) is -0.0229. The van der Waals surface area contributed by atoms with Crippen LogP contribution in [0.25, 0.3) is 6.08 Å². The van der Waals surface area contributed by atoms with Crippen LogP contribution < -0.4 is 5.56 Å². The number of aromatic amines is 1. The van der Waals surface area contributed by atoms with Crippen molar-refractivity contribution in [3.05, 3.63) is 39.8 Å². The van der Waals surface area contributed by atoms with E-state index in [2.05, 4.69) is 0 Å². The number of pyridine rings is 1. The second-order valence-corrected chi connectivity index (χ2v) is 4.97. The number of carbonyl (C=O) groups excluding carboxylic acids is 1. The molecule has 0 bridgehead atoms.